The van der Waals surface area contributed by atoms with Crippen molar-refractivity contribution in [3.05, 3.63) is 65.4 Å². The van der Waals surface area contributed by atoms with Gasteiger partial charge in [-0.05, 0) is 24.6 Å². The van der Waals surface area contributed by atoms with Crippen molar-refractivity contribution < 1.29 is 14.3 Å². The minimum atomic E-state index is -0.969. The molecule has 0 bridgehead atoms. The van der Waals surface area contributed by atoms with Crippen molar-refractivity contribution in [1.29, 1.82) is 0 Å². The van der Waals surface area contributed by atoms with Crippen LogP contribution in [-0.2, 0) is 18.4 Å². The minimum Gasteiger partial charge on any atom is -0.488 e. The van der Waals surface area contributed by atoms with Crippen molar-refractivity contribution in [3.63, 3.8) is 0 Å². The maximum atomic E-state index is 12.3. The number of aryl methyl sites for hydroxylation is 1. The molecule has 0 aliphatic heterocycles. The standard InChI is InChI=1S/C19H18N2O3/c1-12-16(18(22)19(20)23)17-14(21(12)2)9-6-10-15(17)24-11-13-7-4-3-5-8-13/h3-10H,11H2,1-2H3,(H2,20,23). The van der Waals surface area contributed by atoms with Crippen molar-refractivity contribution in [2.24, 2.45) is 12.8 Å². The highest BCUT2D eigenvalue weighted by Crippen LogP contribution is 2.33. The van der Waals surface area contributed by atoms with Gasteiger partial charge in [0.25, 0.3) is 11.7 Å². The van der Waals surface area contributed by atoms with Crippen LogP contribution in [0.1, 0.15) is 21.6 Å². The Morgan fingerprint density at radius 1 is 1.08 bits per heavy atom. The summed E-state index contributed by atoms with van der Waals surface area (Å²) in [7, 11) is 1.84. The molecule has 2 N–H and O–H groups in total. The molecule has 0 atom stereocenters. The van der Waals surface area contributed by atoms with Crippen LogP contribution >= 0.6 is 0 Å². The zero-order valence-corrected chi connectivity index (χ0v) is 13.6. The Hall–Kier alpha value is -3.08. The lowest BCUT2D eigenvalue weighted by molar-refractivity contribution is -0.114. The molecule has 0 aliphatic carbocycles. The number of nitrogens with zero attached hydrogens (tertiary/aromatic N) is 1. The fraction of sp³-hybridized carbons (Fsp3) is 0.158. The lowest BCUT2D eigenvalue weighted by Gasteiger charge is -2.09. The number of primary amides is 1. The number of ether oxygens (including phenoxy) is 1. The molecule has 122 valence electrons. The summed E-state index contributed by atoms with van der Waals surface area (Å²) in [6.45, 7) is 2.16. The Bertz CT molecular complexity index is 927. The zero-order chi connectivity index (χ0) is 17.3. The van der Waals surface area contributed by atoms with Gasteiger partial charge in [-0.3, -0.25) is 9.59 Å². The van der Waals surface area contributed by atoms with Crippen LogP contribution in [0.3, 0.4) is 0 Å². The van der Waals surface area contributed by atoms with E-state index in [2.05, 4.69) is 0 Å². The number of amides is 1. The summed E-state index contributed by atoms with van der Waals surface area (Å²) >= 11 is 0. The van der Waals surface area contributed by atoms with Gasteiger partial charge in [0.05, 0.1) is 16.5 Å². The van der Waals surface area contributed by atoms with Crippen molar-refractivity contribution in [2.45, 2.75) is 13.5 Å². The zero-order valence-electron chi connectivity index (χ0n) is 13.6. The molecule has 5 heteroatoms. The predicted molar refractivity (Wildman–Crippen MR) is 92.0 cm³/mol. The number of hydrogen-bond acceptors (Lipinski definition) is 3. The van der Waals surface area contributed by atoms with Gasteiger partial charge in [0, 0.05) is 12.7 Å². The maximum absolute atomic E-state index is 12.3. The summed E-state index contributed by atoms with van der Waals surface area (Å²) in [5, 5.41) is 0.622. The van der Waals surface area contributed by atoms with Crippen LogP contribution < -0.4 is 10.5 Å². The fourth-order valence-electron chi connectivity index (χ4n) is 2.84. The van der Waals surface area contributed by atoms with E-state index >= 15 is 0 Å². The summed E-state index contributed by atoms with van der Waals surface area (Å²) in [4.78, 5) is 23.7. The van der Waals surface area contributed by atoms with Crippen LogP contribution in [0.2, 0.25) is 0 Å². The Morgan fingerprint density at radius 3 is 2.46 bits per heavy atom. The molecule has 0 fully saturated rings. The number of carbonyl (C=O) groups is 2. The van der Waals surface area contributed by atoms with Crippen LogP contribution in [0.15, 0.2) is 48.5 Å². The molecule has 1 amide bonds. The molecule has 24 heavy (non-hydrogen) atoms. The smallest absolute Gasteiger partial charge is 0.289 e. The number of Topliss-reactive ketones (excluding diaryl/α,β-unsaturated/α-hetero) is 1. The molecule has 3 rings (SSSR count). The number of benzene rings is 2. The average molecular weight is 322 g/mol. The number of rotatable bonds is 5. The summed E-state index contributed by atoms with van der Waals surface area (Å²) in [6.07, 6.45) is 0. The van der Waals surface area contributed by atoms with E-state index in [1.165, 1.54) is 0 Å². The highest BCUT2D eigenvalue weighted by molar-refractivity contribution is 6.45. The van der Waals surface area contributed by atoms with E-state index in [0.29, 0.717) is 29.0 Å². The molecule has 0 spiro atoms. The number of fused-ring (bicyclic) bond motifs is 1. The second-order valence-electron chi connectivity index (χ2n) is 5.64. The van der Waals surface area contributed by atoms with E-state index in [1.807, 2.05) is 54.1 Å². The lowest BCUT2D eigenvalue weighted by Crippen LogP contribution is -2.23. The van der Waals surface area contributed by atoms with E-state index in [1.54, 1.807) is 13.0 Å². The van der Waals surface area contributed by atoms with Gasteiger partial charge in [0.15, 0.2) is 0 Å². The van der Waals surface area contributed by atoms with Crippen LogP contribution in [0.4, 0.5) is 0 Å². The number of hydrogen-bond donors (Lipinski definition) is 1. The normalized spacial score (nSPS) is 10.8. The first-order valence-corrected chi connectivity index (χ1v) is 7.59. The van der Waals surface area contributed by atoms with Crippen molar-refractivity contribution in [3.8, 4) is 5.75 Å². The molecule has 0 aliphatic rings. The minimum absolute atomic E-state index is 0.309. The van der Waals surface area contributed by atoms with Gasteiger partial charge in [-0.2, -0.15) is 0 Å². The quantitative estimate of drug-likeness (QED) is 0.580. The third-order valence-electron chi connectivity index (χ3n) is 4.17. The molecule has 0 saturated heterocycles. The average Bonchev–Trinajstić information content (AvgIpc) is 2.85. The van der Waals surface area contributed by atoms with Gasteiger partial charge in [-0.1, -0.05) is 36.4 Å². The second-order valence-corrected chi connectivity index (χ2v) is 5.64. The van der Waals surface area contributed by atoms with Gasteiger partial charge >= 0.3 is 0 Å². The predicted octanol–water partition coefficient (Wildman–Crippen LogP) is 2.73. The number of aromatic nitrogens is 1. The Labute approximate surface area is 139 Å². The molecule has 2 aromatic carbocycles. The summed E-state index contributed by atoms with van der Waals surface area (Å²) in [5.41, 5.74) is 8.05. The van der Waals surface area contributed by atoms with Crippen molar-refractivity contribution in [1.82, 2.24) is 4.57 Å². The van der Waals surface area contributed by atoms with Gasteiger partial charge in [0.2, 0.25) is 0 Å². The van der Waals surface area contributed by atoms with Gasteiger partial charge < -0.3 is 15.0 Å². The number of nitrogens with two attached hydrogens (primary N) is 1. The molecule has 0 unspecified atom stereocenters. The maximum Gasteiger partial charge on any atom is 0.289 e. The van der Waals surface area contributed by atoms with Crippen LogP contribution in [0.5, 0.6) is 5.75 Å². The fourth-order valence-corrected chi connectivity index (χ4v) is 2.84. The van der Waals surface area contributed by atoms with Crippen LogP contribution in [0.25, 0.3) is 10.9 Å². The summed E-state index contributed by atoms with van der Waals surface area (Å²) in [5.74, 6) is -1.11. The third-order valence-corrected chi connectivity index (χ3v) is 4.17. The van der Waals surface area contributed by atoms with Crippen LogP contribution in [0, 0.1) is 6.92 Å². The summed E-state index contributed by atoms with van der Waals surface area (Å²) < 4.78 is 7.79. The van der Waals surface area contributed by atoms with Gasteiger partial charge in [0.1, 0.15) is 12.4 Å². The molecule has 1 heterocycles. The van der Waals surface area contributed by atoms with Gasteiger partial charge in [-0.15, -0.1) is 0 Å². The van der Waals surface area contributed by atoms with E-state index in [-0.39, 0.29) is 0 Å². The first kappa shape index (κ1) is 15.8. The SMILES string of the molecule is Cc1c(C(=O)C(N)=O)c2c(OCc3ccccc3)cccc2n1C. The van der Waals surface area contributed by atoms with E-state index in [0.717, 1.165) is 11.1 Å². The van der Waals surface area contributed by atoms with E-state index in [4.69, 9.17) is 10.5 Å². The molecule has 1 aromatic heterocycles. The molecule has 0 saturated carbocycles. The van der Waals surface area contributed by atoms with Crippen molar-refractivity contribution >= 4 is 22.6 Å². The number of ketones is 1. The largest absolute Gasteiger partial charge is 0.488 e. The van der Waals surface area contributed by atoms with Crippen LogP contribution in [-0.4, -0.2) is 16.3 Å². The van der Waals surface area contributed by atoms with Crippen molar-refractivity contribution in [2.75, 3.05) is 0 Å². The first-order chi connectivity index (χ1) is 11.5. The van der Waals surface area contributed by atoms with E-state index < -0.39 is 11.7 Å². The Kier molecular flexibility index (Phi) is 4.08. The summed E-state index contributed by atoms with van der Waals surface area (Å²) in [6, 6.07) is 15.3. The topological polar surface area (TPSA) is 74.3 Å². The second kappa shape index (κ2) is 6.20. The molecule has 5 nitrogen and oxygen atoms in total. The molecule has 0 radical (unpaired) electrons. The third kappa shape index (κ3) is 2.65. The first-order valence-electron chi connectivity index (χ1n) is 7.59. The lowest BCUT2D eigenvalue weighted by atomic mass is 10.1. The Morgan fingerprint density at radius 2 is 1.79 bits per heavy atom. The highest BCUT2D eigenvalue weighted by atomic mass is 16.5. The van der Waals surface area contributed by atoms with Gasteiger partial charge in [-0.25, -0.2) is 0 Å². The highest BCUT2D eigenvalue weighted by Gasteiger charge is 2.24. The van der Waals surface area contributed by atoms with E-state index in [9.17, 15) is 9.59 Å². The number of carbonyl (C=O) groups excluding carboxylic acids is 2. The molecular weight excluding hydrogens is 304 g/mol. The molecular formula is C19H18N2O3. The molecule has 3 aromatic rings. The monoisotopic (exact) mass is 322 g/mol. The Balaban J connectivity index is 2.10.